The molecule has 1 atom stereocenters. The standard InChI is InChI=1S/C18H17Cl2N5O2/c1-11(27-2)17-13(9-21-10-16(17)20)7-14(26)5-12-6-15(19)18(22-8-12)25-23-3-4-24-25/h3-4,6,8-11H,5,7H2,1-2H3/t11-/m1/s1. The fourth-order valence-corrected chi connectivity index (χ4v) is 3.34. The first kappa shape index (κ1) is 19.4. The number of hydrogen-bond acceptors (Lipinski definition) is 6. The van der Waals surface area contributed by atoms with Crippen molar-refractivity contribution in [3.63, 3.8) is 0 Å². The summed E-state index contributed by atoms with van der Waals surface area (Å²) in [7, 11) is 1.59. The van der Waals surface area contributed by atoms with Crippen molar-refractivity contribution in [2.45, 2.75) is 25.9 Å². The summed E-state index contributed by atoms with van der Waals surface area (Å²) in [6, 6.07) is 1.69. The number of methoxy groups -OCH3 is 1. The Balaban J connectivity index is 1.75. The Labute approximate surface area is 166 Å². The number of ketones is 1. The molecular formula is C18H17Cl2N5O2. The van der Waals surface area contributed by atoms with Crippen molar-refractivity contribution in [1.82, 2.24) is 25.0 Å². The van der Waals surface area contributed by atoms with E-state index in [0.717, 1.165) is 11.1 Å². The van der Waals surface area contributed by atoms with Crippen LogP contribution in [0.4, 0.5) is 0 Å². The molecule has 0 amide bonds. The van der Waals surface area contributed by atoms with Gasteiger partial charge in [-0.3, -0.25) is 9.78 Å². The number of Topliss-reactive ketones (excluding diaryl/α,β-unsaturated/α-hetero) is 1. The summed E-state index contributed by atoms with van der Waals surface area (Å²) in [5.74, 6) is 0.402. The van der Waals surface area contributed by atoms with Gasteiger partial charge in [0.1, 0.15) is 5.78 Å². The summed E-state index contributed by atoms with van der Waals surface area (Å²) < 4.78 is 5.36. The van der Waals surface area contributed by atoms with Crippen molar-refractivity contribution in [2.24, 2.45) is 0 Å². The summed E-state index contributed by atoms with van der Waals surface area (Å²) >= 11 is 12.5. The van der Waals surface area contributed by atoms with E-state index >= 15 is 0 Å². The predicted octanol–water partition coefficient (Wildman–Crippen LogP) is 3.43. The summed E-state index contributed by atoms with van der Waals surface area (Å²) in [6.45, 7) is 1.88. The van der Waals surface area contributed by atoms with Crippen molar-refractivity contribution < 1.29 is 9.53 Å². The number of ether oxygens (including phenoxy) is 1. The molecule has 0 bridgehead atoms. The van der Waals surface area contributed by atoms with Crippen LogP contribution in [-0.2, 0) is 22.4 Å². The number of pyridine rings is 2. The van der Waals surface area contributed by atoms with Crippen molar-refractivity contribution in [1.29, 1.82) is 0 Å². The molecule has 0 spiro atoms. The van der Waals surface area contributed by atoms with Gasteiger partial charge in [0.05, 0.1) is 28.5 Å². The van der Waals surface area contributed by atoms with Crippen LogP contribution in [0.25, 0.3) is 5.82 Å². The number of hydrogen-bond donors (Lipinski definition) is 0. The number of carbonyl (C=O) groups is 1. The van der Waals surface area contributed by atoms with Gasteiger partial charge in [-0.15, -0.1) is 4.80 Å². The van der Waals surface area contributed by atoms with Crippen LogP contribution in [0.2, 0.25) is 10.0 Å². The van der Waals surface area contributed by atoms with E-state index in [-0.39, 0.29) is 24.7 Å². The highest BCUT2D eigenvalue weighted by Gasteiger charge is 2.18. The van der Waals surface area contributed by atoms with Gasteiger partial charge in [0.2, 0.25) is 0 Å². The Morgan fingerprint density at radius 2 is 1.89 bits per heavy atom. The third kappa shape index (κ3) is 4.50. The molecule has 140 valence electrons. The van der Waals surface area contributed by atoms with Crippen LogP contribution in [0.1, 0.15) is 29.7 Å². The van der Waals surface area contributed by atoms with Gasteiger partial charge in [-0.05, 0) is 24.1 Å². The minimum Gasteiger partial charge on any atom is -0.377 e. The molecule has 0 unspecified atom stereocenters. The van der Waals surface area contributed by atoms with Crippen molar-refractivity contribution in [2.75, 3.05) is 7.11 Å². The molecule has 0 saturated carbocycles. The normalized spacial score (nSPS) is 12.1. The number of aromatic nitrogens is 5. The fourth-order valence-electron chi connectivity index (χ4n) is 2.74. The van der Waals surface area contributed by atoms with E-state index in [9.17, 15) is 4.79 Å². The van der Waals surface area contributed by atoms with E-state index in [1.165, 1.54) is 17.2 Å². The van der Waals surface area contributed by atoms with Gasteiger partial charge >= 0.3 is 0 Å². The molecule has 9 heteroatoms. The highest BCUT2D eigenvalue weighted by atomic mass is 35.5. The van der Waals surface area contributed by atoms with Crippen LogP contribution in [-0.4, -0.2) is 37.9 Å². The molecule has 0 saturated heterocycles. The maximum atomic E-state index is 12.6. The summed E-state index contributed by atoms with van der Waals surface area (Å²) in [4.78, 5) is 22.2. The molecule has 0 N–H and O–H groups in total. The summed E-state index contributed by atoms with van der Waals surface area (Å²) in [6.07, 6.45) is 8.00. The highest BCUT2D eigenvalue weighted by Crippen LogP contribution is 2.28. The monoisotopic (exact) mass is 405 g/mol. The molecule has 3 rings (SSSR count). The second kappa shape index (κ2) is 8.56. The lowest BCUT2D eigenvalue weighted by Gasteiger charge is -2.16. The molecule has 0 fully saturated rings. The number of rotatable bonds is 7. The van der Waals surface area contributed by atoms with Crippen molar-refractivity contribution in [3.05, 3.63) is 63.8 Å². The molecule has 27 heavy (non-hydrogen) atoms. The molecule has 0 aliphatic rings. The zero-order valence-electron chi connectivity index (χ0n) is 14.8. The first-order valence-corrected chi connectivity index (χ1v) is 8.93. The average molecular weight is 406 g/mol. The zero-order valence-corrected chi connectivity index (χ0v) is 16.3. The third-order valence-electron chi connectivity index (χ3n) is 4.06. The van der Waals surface area contributed by atoms with Gasteiger partial charge in [0.25, 0.3) is 0 Å². The minimum atomic E-state index is -0.236. The first-order valence-electron chi connectivity index (χ1n) is 8.17. The molecule has 0 radical (unpaired) electrons. The molecule has 0 aliphatic heterocycles. The van der Waals surface area contributed by atoms with E-state index in [1.807, 2.05) is 6.92 Å². The Kier molecular flexibility index (Phi) is 6.15. The summed E-state index contributed by atoms with van der Waals surface area (Å²) in [5, 5.41) is 8.85. The van der Waals surface area contributed by atoms with Crippen LogP contribution in [0.15, 0.2) is 37.1 Å². The van der Waals surface area contributed by atoms with Gasteiger partial charge in [-0.2, -0.15) is 10.2 Å². The summed E-state index contributed by atoms with van der Waals surface area (Å²) in [5.41, 5.74) is 2.23. The minimum absolute atomic E-state index is 0.00792. The van der Waals surface area contributed by atoms with E-state index in [2.05, 4.69) is 20.2 Å². The Morgan fingerprint density at radius 3 is 2.56 bits per heavy atom. The van der Waals surface area contributed by atoms with Crippen molar-refractivity contribution in [3.8, 4) is 5.82 Å². The second-order valence-corrected chi connectivity index (χ2v) is 6.75. The van der Waals surface area contributed by atoms with Crippen LogP contribution in [0.3, 0.4) is 0 Å². The fraction of sp³-hybridized carbons (Fsp3) is 0.278. The zero-order chi connectivity index (χ0) is 19.4. The van der Waals surface area contributed by atoms with Crippen LogP contribution in [0.5, 0.6) is 0 Å². The van der Waals surface area contributed by atoms with E-state index < -0.39 is 0 Å². The average Bonchev–Trinajstić information content (AvgIpc) is 3.15. The second-order valence-electron chi connectivity index (χ2n) is 5.93. The quantitative estimate of drug-likeness (QED) is 0.598. The molecule has 3 aromatic heterocycles. The molecule has 0 aromatic carbocycles. The van der Waals surface area contributed by atoms with E-state index in [1.54, 1.807) is 31.8 Å². The smallest absolute Gasteiger partial charge is 0.193 e. The lowest BCUT2D eigenvalue weighted by atomic mass is 9.98. The molecular weight excluding hydrogens is 389 g/mol. The topological polar surface area (TPSA) is 82.8 Å². The van der Waals surface area contributed by atoms with Crippen LogP contribution >= 0.6 is 23.2 Å². The largest absolute Gasteiger partial charge is 0.377 e. The van der Waals surface area contributed by atoms with Gasteiger partial charge in [-0.1, -0.05) is 23.2 Å². The predicted molar refractivity (Wildman–Crippen MR) is 101 cm³/mol. The Morgan fingerprint density at radius 1 is 1.15 bits per heavy atom. The highest BCUT2D eigenvalue weighted by molar-refractivity contribution is 6.32. The van der Waals surface area contributed by atoms with Gasteiger partial charge < -0.3 is 4.74 Å². The van der Waals surface area contributed by atoms with E-state index in [0.29, 0.717) is 21.4 Å². The van der Waals surface area contributed by atoms with Gasteiger partial charge in [-0.25, -0.2) is 4.98 Å². The van der Waals surface area contributed by atoms with Gasteiger partial charge in [0.15, 0.2) is 5.82 Å². The number of carbonyl (C=O) groups excluding carboxylic acids is 1. The third-order valence-corrected chi connectivity index (χ3v) is 4.64. The number of halogens is 2. The molecule has 7 nitrogen and oxygen atoms in total. The van der Waals surface area contributed by atoms with Gasteiger partial charge in [0, 0.05) is 44.1 Å². The number of nitrogens with zero attached hydrogens (tertiary/aromatic N) is 5. The molecule has 3 heterocycles. The maximum absolute atomic E-state index is 12.6. The Hall–Kier alpha value is -2.35. The van der Waals surface area contributed by atoms with Crippen molar-refractivity contribution >= 4 is 29.0 Å². The van der Waals surface area contributed by atoms with Crippen LogP contribution in [0, 0.1) is 0 Å². The first-order chi connectivity index (χ1) is 13.0. The lowest BCUT2D eigenvalue weighted by Crippen LogP contribution is -2.12. The maximum Gasteiger partial charge on any atom is 0.193 e. The van der Waals surface area contributed by atoms with E-state index in [4.69, 9.17) is 27.9 Å². The van der Waals surface area contributed by atoms with Crippen LogP contribution < -0.4 is 0 Å². The Bertz CT molecular complexity index is 947. The lowest BCUT2D eigenvalue weighted by molar-refractivity contribution is -0.117. The molecule has 3 aromatic rings. The molecule has 0 aliphatic carbocycles. The SMILES string of the molecule is CO[C@H](C)c1c(Cl)cncc1CC(=O)Cc1cnc(-n2nccn2)c(Cl)c1.